The van der Waals surface area contributed by atoms with Crippen LogP contribution in [-0.2, 0) is 0 Å². The van der Waals surface area contributed by atoms with Crippen LogP contribution in [0.25, 0.3) is 0 Å². The van der Waals surface area contributed by atoms with Gasteiger partial charge in [0.15, 0.2) is 0 Å². The number of hydrogen-bond acceptors (Lipinski definition) is 1. The van der Waals surface area contributed by atoms with Gasteiger partial charge in [-0.15, -0.1) is 0 Å². The Labute approximate surface area is 138 Å². The van der Waals surface area contributed by atoms with Gasteiger partial charge >= 0.3 is 139 Å². The van der Waals surface area contributed by atoms with Gasteiger partial charge in [0.1, 0.15) is 0 Å². The predicted octanol–water partition coefficient (Wildman–Crippen LogP) is 6.41. The normalized spacial score (nSPS) is 14.5. The van der Waals surface area contributed by atoms with Crippen LogP contribution in [0, 0.1) is 5.92 Å². The fraction of sp³-hybridized carbons (Fsp3) is 0.895. The molecule has 126 valence electrons. The molecule has 0 aliphatic carbocycles. The minimum absolute atomic E-state index is 0.290. The summed E-state index contributed by atoms with van der Waals surface area (Å²) < 4.78 is 6.20. The van der Waals surface area contributed by atoms with E-state index in [2.05, 4.69) is 40.7 Å². The molecule has 21 heavy (non-hydrogen) atoms. The fourth-order valence-electron chi connectivity index (χ4n) is 3.48. The molecule has 0 aliphatic rings. The van der Waals surface area contributed by atoms with Crippen molar-refractivity contribution in [2.75, 3.05) is 6.61 Å². The molecule has 0 heterocycles. The van der Waals surface area contributed by atoms with Crippen LogP contribution in [-0.4, -0.2) is 30.1 Å². The van der Waals surface area contributed by atoms with E-state index in [4.69, 9.17) is 0 Å². The third kappa shape index (κ3) is 9.99. The Morgan fingerprint density at radius 2 is 1.38 bits per heavy atom. The standard InChI is InChI=1S/C7H13O.3C4H9.Sn/c1-6(2)4-7(3)5-8;3*1-3-4-2;/h4,7-8H,1,5H2,2-3H3;3*1,3-4H2,2H3;/b6-4-;;;;/t7-;;;;/m1..../s1. The molecular formula is C19H40OSn. The van der Waals surface area contributed by atoms with Crippen molar-refractivity contribution in [2.24, 2.45) is 5.92 Å². The summed E-state index contributed by atoms with van der Waals surface area (Å²) in [7, 11) is 0. The first-order valence-corrected chi connectivity index (χ1v) is 17.4. The van der Waals surface area contributed by atoms with Crippen molar-refractivity contribution < 1.29 is 5.11 Å². The van der Waals surface area contributed by atoms with E-state index in [9.17, 15) is 5.11 Å². The van der Waals surface area contributed by atoms with Gasteiger partial charge in [-0.2, -0.15) is 0 Å². The summed E-state index contributed by atoms with van der Waals surface area (Å²) in [4.78, 5) is 0. The molecule has 1 atom stereocenters. The number of hydrogen-bond donors (Lipinski definition) is 1. The Morgan fingerprint density at radius 1 is 0.952 bits per heavy atom. The second kappa shape index (κ2) is 13.0. The molecule has 0 rings (SSSR count). The van der Waals surface area contributed by atoms with Gasteiger partial charge in [-0.1, -0.05) is 0 Å². The van der Waals surface area contributed by atoms with Crippen molar-refractivity contribution >= 4 is 18.4 Å². The average Bonchev–Trinajstić information content (AvgIpc) is 2.48. The number of aliphatic hydroxyl groups is 1. The molecule has 0 aromatic heterocycles. The van der Waals surface area contributed by atoms with E-state index in [1.807, 2.05) is 0 Å². The fourth-order valence-corrected chi connectivity index (χ4v) is 20.3. The number of aliphatic hydroxyl groups excluding tert-OH is 1. The number of unbranched alkanes of at least 4 members (excludes halogenated alkanes) is 3. The zero-order valence-corrected chi connectivity index (χ0v) is 18.2. The molecule has 2 heteroatoms. The molecule has 0 unspecified atom stereocenters. The van der Waals surface area contributed by atoms with E-state index < -0.39 is 18.4 Å². The van der Waals surface area contributed by atoms with Crippen LogP contribution in [0.3, 0.4) is 0 Å². The van der Waals surface area contributed by atoms with Gasteiger partial charge in [-0.05, 0) is 0 Å². The molecule has 0 spiro atoms. The summed E-state index contributed by atoms with van der Waals surface area (Å²) in [5.41, 5.74) is 1.58. The molecule has 1 N–H and O–H groups in total. The van der Waals surface area contributed by atoms with Gasteiger partial charge in [0, 0.05) is 0 Å². The van der Waals surface area contributed by atoms with Crippen molar-refractivity contribution in [2.45, 2.75) is 90.9 Å². The summed E-state index contributed by atoms with van der Waals surface area (Å²) >= 11 is -2.00. The molecule has 1 nitrogen and oxygen atoms in total. The molecule has 0 aromatic carbocycles. The van der Waals surface area contributed by atoms with Gasteiger partial charge in [-0.3, -0.25) is 0 Å². The van der Waals surface area contributed by atoms with E-state index >= 15 is 0 Å². The van der Waals surface area contributed by atoms with Crippen LogP contribution in [0.5, 0.6) is 0 Å². The molecule has 0 fully saturated rings. The predicted molar refractivity (Wildman–Crippen MR) is 99.7 cm³/mol. The summed E-state index contributed by atoms with van der Waals surface area (Å²) in [6, 6.07) is 0. The Hall–Kier alpha value is 0.499. The third-order valence-corrected chi connectivity index (χ3v) is 20.5. The van der Waals surface area contributed by atoms with Crippen LogP contribution in [0.1, 0.15) is 73.1 Å². The molecule has 0 bridgehead atoms. The van der Waals surface area contributed by atoms with Crippen molar-refractivity contribution in [1.82, 2.24) is 0 Å². The van der Waals surface area contributed by atoms with Crippen LogP contribution in [0.2, 0.25) is 17.7 Å². The van der Waals surface area contributed by atoms with Crippen molar-refractivity contribution in [3.63, 3.8) is 0 Å². The van der Waals surface area contributed by atoms with Gasteiger partial charge in [0.05, 0.1) is 0 Å². The summed E-state index contributed by atoms with van der Waals surface area (Å²) in [5, 5.41) is 9.28. The number of rotatable bonds is 13. The first-order valence-electron chi connectivity index (χ1n) is 9.31. The van der Waals surface area contributed by atoms with E-state index in [1.54, 1.807) is 18.9 Å². The monoisotopic (exact) mass is 404 g/mol. The maximum atomic E-state index is 9.28. The molecule has 0 saturated carbocycles. The van der Waals surface area contributed by atoms with Crippen LogP contribution in [0.4, 0.5) is 0 Å². The second-order valence-electron chi connectivity index (χ2n) is 7.16. The van der Waals surface area contributed by atoms with Gasteiger partial charge < -0.3 is 0 Å². The summed E-state index contributed by atoms with van der Waals surface area (Å²) in [5.74, 6) is 0.331. The third-order valence-electron chi connectivity index (χ3n) is 4.69. The zero-order chi connectivity index (χ0) is 16.1. The maximum absolute atomic E-state index is 9.28. The SMILES string of the molecule is CCC[CH2][Sn]([CH2]CCC)([CH2]CCC)[CH2]/C(C)=C/[C@@H](C)CO. The van der Waals surface area contributed by atoms with Crippen molar-refractivity contribution in [3.05, 3.63) is 11.6 Å². The van der Waals surface area contributed by atoms with Crippen molar-refractivity contribution in [1.29, 1.82) is 0 Å². The van der Waals surface area contributed by atoms with Gasteiger partial charge in [0.2, 0.25) is 0 Å². The summed E-state index contributed by atoms with van der Waals surface area (Å²) in [6.45, 7) is 11.8. The number of allylic oxidation sites excluding steroid dienone is 1. The van der Waals surface area contributed by atoms with Crippen molar-refractivity contribution in [3.8, 4) is 0 Å². The van der Waals surface area contributed by atoms with Gasteiger partial charge in [0.25, 0.3) is 0 Å². The van der Waals surface area contributed by atoms with E-state index in [-0.39, 0.29) is 0 Å². The first-order chi connectivity index (χ1) is 10.0. The minimum atomic E-state index is -2.00. The second-order valence-corrected chi connectivity index (χ2v) is 21.0. The van der Waals surface area contributed by atoms with Gasteiger partial charge in [-0.25, -0.2) is 0 Å². The molecule has 0 aliphatic heterocycles. The van der Waals surface area contributed by atoms with E-state index in [1.165, 1.54) is 43.0 Å². The molecular weight excluding hydrogens is 363 g/mol. The molecule has 0 amide bonds. The Morgan fingerprint density at radius 3 is 1.71 bits per heavy atom. The Kier molecular flexibility index (Phi) is 13.3. The van der Waals surface area contributed by atoms with E-state index in [0.717, 1.165) is 0 Å². The van der Waals surface area contributed by atoms with Crippen LogP contribution in [0.15, 0.2) is 11.6 Å². The topological polar surface area (TPSA) is 20.2 Å². The zero-order valence-electron chi connectivity index (χ0n) is 15.4. The molecule has 0 radical (unpaired) electrons. The van der Waals surface area contributed by atoms with Crippen LogP contribution < -0.4 is 0 Å². The van der Waals surface area contributed by atoms with Crippen LogP contribution >= 0.6 is 0 Å². The molecule has 0 aromatic rings. The van der Waals surface area contributed by atoms with E-state index in [0.29, 0.717) is 12.5 Å². The Balaban J connectivity index is 4.96. The average molecular weight is 403 g/mol. The first kappa shape index (κ1) is 21.5. The Bertz CT molecular complexity index is 251. The summed E-state index contributed by atoms with van der Waals surface area (Å²) in [6.07, 6.45) is 10.8. The quantitative estimate of drug-likeness (QED) is 0.278. The molecule has 0 saturated heterocycles.